The Labute approximate surface area is 146 Å². The molecule has 0 saturated heterocycles. The van der Waals surface area contributed by atoms with Crippen LogP contribution in [0.2, 0.25) is 0 Å². The SMILES string of the molecule is Cc1onc(-c2cc(C(C)C)c(O)cc2O)c1-c1ccc(CO)cc1. The third-order valence-corrected chi connectivity index (χ3v) is 4.31. The Hall–Kier alpha value is -2.79. The van der Waals surface area contributed by atoms with Crippen LogP contribution in [-0.2, 0) is 6.61 Å². The lowest BCUT2D eigenvalue weighted by molar-refractivity contribution is 0.282. The van der Waals surface area contributed by atoms with Crippen molar-refractivity contribution in [3.05, 3.63) is 53.3 Å². The van der Waals surface area contributed by atoms with Crippen molar-refractivity contribution in [3.8, 4) is 33.9 Å². The molecule has 0 amide bonds. The molecule has 0 saturated carbocycles. The maximum Gasteiger partial charge on any atom is 0.142 e. The summed E-state index contributed by atoms with van der Waals surface area (Å²) in [4.78, 5) is 0. The third-order valence-electron chi connectivity index (χ3n) is 4.31. The lowest BCUT2D eigenvalue weighted by atomic mass is 9.94. The van der Waals surface area contributed by atoms with Crippen LogP contribution in [0, 0.1) is 6.92 Å². The normalized spacial score (nSPS) is 11.2. The van der Waals surface area contributed by atoms with Crippen molar-refractivity contribution in [3.63, 3.8) is 0 Å². The number of aromatic nitrogens is 1. The zero-order chi connectivity index (χ0) is 18.1. The van der Waals surface area contributed by atoms with Crippen molar-refractivity contribution < 1.29 is 19.8 Å². The predicted octanol–water partition coefficient (Wildman–Crippen LogP) is 4.34. The maximum atomic E-state index is 10.3. The van der Waals surface area contributed by atoms with E-state index < -0.39 is 0 Å². The predicted molar refractivity (Wildman–Crippen MR) is 95.5 cm³/mol. The first kappa shape index (κ1) is 17.0. The minimum Gasteiger partial charge on any atom is -0.508 e. The van der Waals surface area contributed by atoms with E-state index >= 15 is 0 Å². The van der Waals surface area contributed by atoms with E-state index in [9.17, 15) is 15.3 Å². The van der Waals surface area contributed by atoms with E-state index in [2.05, 4.69) is 5.16 Å². The molecule has 0 unspecified atom stereocenters. The summed E-state index contributed by atoms with van der Waals surface area (Å²) in [7, 11) is 0. The van der Waals surface area contributed by atoms with Gasteiger partial charge >= 0.3 is 0 Å². The van der Waals surface area contributed by atoms with Crippen molar-refractivity contribution in [1.82, 2.24) is 5.16 Å². The molecule has 2 aromatic carbocycles. The van der Waals surface area contributed by atoms with Gasteiger partial charge in [-0.2, -0.15) is 0 Å². The number of rotatable bonds is 4. The van der Waals surface area contributed by atoms with Crippen molar-refractivity contribution in [2.75, 3.05) is 0 Å². The fraction of sp³-hybridized carbons (Fsp3) is 0.250. The molecule has 0 aliphatic heterocycles. The highest BCUT2D eigenvalue weighted by Crippen LogP contribution is 2.42. The van der Waals surface area contributed by atoms with Gasteiger partial charge in [-0.1, -0.05) is 43.3 Å². The molecule has 0 aliphatic rings. The number of hydrogen-bond acceptors (Lipinski definition) is 5. The molecule has 0 atom stereocenters. The summed E-state index contributed by atoms with van der Waals surface area (Å²) in [6, 6.07) is 10.5. The second-order valence-electron chi connectivity index (χ2n) is 6.40. The second kappa shape index (κ2) is 6.61. The largest absolute Gasteiger partial charge is 0.508 e. The van der Waals surface area contributed by atoms with Gasteiger partial charge in [-0.25, -0.2) is 0 Å². The first-order chi connectivity index (χ1) is 11.9. The quantitative estimate of drug-likeness (QED) is 0.658. The number of aromatic hydroxyl groups is 2. The van der Waals surface area contributed by atoms with Crippen molar-refractivity contribution in [1.29, 1.82) is 0 Å². The second-order valence-corrected chi connectivity index (χ2v) is 6.40. The van der Waals surface area contributed by atoms with E-state index in [1.165, 1.54) is 6.07 Å². The number of nitrogens with zero attached hydrogens (tertiary/aromatic N) is 1. The van der Waals surface area contributed by atoms with Gasteiger partial charge in [-0.15, -0.1) is 0 Å². The molecule has 0 radical (unpaired) electrons. The molecular weight excluding hydrogens is 318 g/mol. The Balaban J connectivity index is 2.18. The highest BCUT2D eigenvalue weighted by atomic mass is 16.5. The number of aliphatic hydroxyl groups excluding tert-OH is 1. The molecule has 25 heavy (non-hydrogen) atoms. The maximum absolute atomic E-state index is 10.3. The van der Waals surface area contributed by atoms with Crippen LogP contribution in [0.3, 0.4) is 0 Å². The minimum absolute atomic E-state index is 0.0216. The molecule has 3 N–H and O–H groups in total. The van der Waals surface area contributed by atoms with Crippen LogP contribution in [0.5, 0.6) is 11.5 Å². The van der Waals surface area contributed by atoms with E-state index in [-0.39, 0.29) is 24.0 Å². The number of hydrogen-bond donors (Lipinski definition) is 3. The van der Waals surface area contributed by atoms with Crippen molar-refractivity contribution in [2.24, 2.45) is 0 Å². The van der Waals surface area contributed by atoms with Gasteiger partial charge in [0.25, 0.3) is 0 Å². The zero-order valence-electron chi connectivity index (χ0n) is 14.4. The molecule has 3 aromatic rings. The number of phenolic OH excluding ortho intramolecular Hbond substituents is 2. The summed E-state index contributed by atoms with van der Waals surface area (Å²) in [5.74, 6) is 0.735. The summed E-state index contributed by atoms with van der Waals surface area (Å²) in [5, 5.41) is 33.7. The number of aryl methyl sites for hydroxylation is 1. The molecule has 130 valence electrons. The summed E-state index contributed by atoms with van der Waals surface area (Å²) in [6.07, 6.45) is 0. The van der Waals surface area contributed by atoms with Gasteiger partial charge < -0.3 is 19.8 Å². The van der Waals surface area contributed by atoms with Crippen LogP contribution in [-0.4, -0.2) is 20.5 Å². The molecule has 5 nitrogen and oxygen atoms in total. The molecule has 0 bridgehead atoms. The van der Waals surface area contributed by atoms with Crippen LogP contribution in [0.1, 0.15) is 36.7 Å². The molecule has 5 heteroatoms. The van der Waals surface area contributed by atoms with Crippen molar-refractivity contribution in [2.45, 2.75) is 33.3 Å². The molecule has 0 spiro atoms. The molecule has 3 rings (SSSR count). The van der Waals surface area contributed by atoms with Gasteiger partial charge in [0.1, 0.15) is 23.0 Å². The standard InChI is InChI=1S/C20H21NO4/c1-11(2)15-8-16(18(24)9-17(15)23)20-19(12(3)25-21-20)14-6-4-13(10-22)5-7-14/h4-9,11,22-24H,10H2,1-3H3. The summed E-state index contributed by atoms with van der Waals surface area (Å²) in [5.41, 5.74) is 4.24. The Morgan fingerprint density at radius 1 is 1.04 bits per heavy atom. The lowest BCUT2D eigenvalue weighted by Crippen LogP contribution is -1.92. The lowest BCUT2D eigenvalue weighted by Gasteiger charge is -2.12. The fourth-order valence-corrected chi connectivity index (χ4v) is 2.92. The zero-order valence-corrected chi connectivity index (χ0v) is 14.4. The first-order valence-electron chi connectivity index (χ1n) is 8.15. The van der Waals surface area contributed by atoms with Crippen LogP contribution in [0.25, 0.3) is 22.4 Å². The monoisotopic (exact) mass is 339 g/mol. The Morgan fingerprint density at radius 2 is 1.72 bits per heavy atom. The van der Waals surface area contributed by atoms with E-state index in [1.54, 1.807) is 6.07 Å². The van der Waals surface area contributed by atoms with Crippen LogP contribution in [0.4, 0.5) is 0 Å². The van der Waals surface area contributed by atoms with Crippen molar-refractivity contribution >= 4 is 0 Å². The molecular formula is C20H21NO4. The molecule has 1 aromatic heterocycles. The Kier molecular flexibility index (Phi) is 4.51. The van der Waals surface area contributed by atoms with Gasteiger partial charge in [0.05, 0.1) is 12.2 Å². The third kappa shape index (κ3) is 3.10. The van der Waals surface area contributed by atoms with Gasteiger partial charge in [0.2, 0.25) is 0 Å². The Morgan fingerprint density at radius 3 is 2.32 bits per heavy atom. The van der Waals surface area contributed by atoms with Gasteiger partial charge in [0.15, 0.2) is 0 Å². The molecule has 0 fully saturated rings. The fourth-order valence-electron chi connectivity index (χ4n) is 2.92. The van der Waals surface area contributed by atoms with E-state index in [1.807, 2.05) is 45.0 Å². The average Bonchev–Trinajstić information content (AvgIpc) is 2.96. The number of benzene rings is 2. The number of aliphatic hydroxyl groups is 1. The summed E-state index contributed by atoms with van der Waals surface area (Å²) in [6.45, 7) is 5.73. The van der Waals surface area contributed by atoms with Crippen LogP contribution >= 0.6 is 0 Å². The highest BCUT2D eigenvalue weighted by Gasteiger charge is 2.21. The van der Waals surface area contributed by atoms with E-state index in [4.69, 9.17) is 4.52 Å². The number of phenols is 2. The molecule has 1 heterocycles. The van der Waals surface area contributed by atoms with Crippen LogP contribution in [0.15, 0.2) is 40.9 Å². The van der Waals surface area contributed by atoms with Gasteiger partial charge in [-0.3, -0.25) is 0 Å². The average molecular weight is 339 g/mol. The summed E-state index contributed by atoms with van der Waals surface area (Å²) < 4.78 is 5.37. The minimum atomic E-state index is -0.0524. The van der Waals surface area contributed by atoms with Crippen LogP contribution < -0.4 is 0 Å². The van der Waals surface area contributed by atoms with Gasteiger partial charge in [-0.05, 0) is 35.6 Å². The van der Waals surface area contributed by atoms with E-state index in [0.717, 1.165) is 22.3 Å². The smallest absolute Gasteiger partial charge is 0.142 e. The van der Waals surface area contributed by atoms with E-state index in [0.29, 0.717) is 17.0 Å². The topological polar surface area (TPSA) is 86.7 Å². The summed E-state index contributed by atoms with van der Waals surface area (Å²) >= 11 is 0. The molecule has 0 aliphatic carbocycles. The van der Waals surface area contributed by atoms with Gasteiger partial charge in [0, 0.05) is 11.6 Å². The first-order valence-corrected chi connectivity index (χ1v) is 8.15. The highest BCUT2D eigenvalue weighted by molar-refractivity contribution is 5.85. The Bertz CT molecular complexity index is 895.